The summed E-state index contributed by atoms with van der Waals surface area (Å²) in [6, 6.07) is 11.5. The molecule has 0 saturated carbocycles. The SMILES string of the molecule is CC(Sc1ccc([N+](=O)[O-])cc1)C(=O)Nc1ccc2oc(C(C)(C)C)nc2c1. The van der Waals surface area contributed by atoms with E-state index in [1.54, 1.807) is 37.3 Å². The number of nitro groups is 1. The molecule has 1 atom stereocenters. The van der Waals surface area contributed by atoms with Crippen LogP contribution in [-0.4, -0.2) is 21.1 Å². The Morgan fingerprint density at radius 1 is 1.21 bits per heavy atom. The quantitative estimate of drug-likeness (QED) is 0.362. The molecular weight excluding hydrogens is 378 g/mol. The number of thioether (sulfide) groups is 1. The molecule has 0 radical (unpaired) electrons. The van der Waals surface area contributed by atoms with Gasteiger partial charge in [0.05, 0.1) is 10.2 Å². The van der Waals surface area contributed by atoms with Gasteiger partial charge < -0.3 is 9.73 Å². The van der Waals surface area contributed by atoms with Crippen LogP contribution in [0.4, 0.5) is 11.4 Å². The monoisotopic (exact) mass is 399 g/mol. The van der Waals surface area contributed by atoms with Crippen molar-refractivity contribution in [3.63, 3.8) is 0 Å². The minimum Gasteiger partial charge on any atom is -0.440 e. The van der Waals surface area contributed by atoms with E-state index in [1.807, 2.05) is 20.8 Å². The highest BCUT2D eigenvalue weighted by Gasteiger charge is 2.21. The third-order valence-electron chi connectivity index (χ3n) is 4.03. The number of fused-ring (bicyclic) bond motifs is 1. The molecule has 0 bridgehead atoms. The third-order valence-corrected chi connectivity index (χ3v) is 5.14. The number of nitro benzene ring substituents is 1. The van der Waals surface area contributed by atoms with Crippen molar-refractivity contribution in [1.29, 1.82) is 0 Å². The van der Waals surface area contributed by atoms with Crippen LogP contribution in [0.5, 0.6) is 0 Å². The predicted molar refractivity (Wildman–Crippen MR) is 110 cm³/mol. The Labute approximate surface area is 166 Å². The minimum atomic E-state index is -0.449. The predicted octanol–water partition coefficient (Wildman–Crippen LogP) is 5.15. The molecule has 3 aromatic rings. The molecule has 1 heterocycles. The number of aromatic nitrogens is 1. The topological polar surface area (TPSA) is 98.3 Å². The van der Waals surface area contributed by atoms with Crippen LogP contribution in [0.25, 0.3) is 11.1 Å². The Morgan fingerprint density at radius 3 is 2.50 bits per heavy atom. The number of amides is 1. The van der Waals surface area contributed by atoms with E-state index in [9.17, 15) is 14.9 Å². The zero-order valence-corrected chi connectivity index (χ0v) is 16.9. The second kappa shape index (κ2) is 7.63. The average molecular weight is 399 g/mol. The van der Waals surface area contributed by atoms with Crippen molar-refractivity contribution in [2.75, 3.05) is 5.32 Å². The maximum atomic E-state index is 12.5. The second-order valence-corrected chi connectivity index (χ2v) is 8.87. The van der Waals surface area contributed by atoms with E-state index in [2.05, 4.69) is 10.3 Å². The van der Waals surface area contributed by atoms with Crippen molar-refractivity contribution < 1.29 is 14.1 Å². The van der Waals surface area contributed by atoms with Gasteiger partial charge in [0, 0.05) is 28.1 Å². The van der Waals surface area contributed by atoms with E-state index >= 15 is 0 Å². The summed E-state index contributed by atoms with van der Waals surface area (Å²) in [5.41, 5.74) is 1.84. The highest BCUT2D eigenvalue weighted by Crippen LogP contribution is 2.29. The summed E-state index contributed by atoms with van der Waals surface area (Å²) in [5, 5.41) is 13.2. The van der Waals surface area contributed by atoms with Gasteiger partial charge >= 0.3 is 0 Å². The highest BCUT2D eigenvalue weighted by molar-refractivity contribution is 8.00. The van der Waals surface area contributed by atoms with Crippen LogP contribution in [0, 0.1) is 10.1 Å². The van der Waals surface area contributed by atoms with Crippen molar-refractivity contribution in [1.82, 2.24) is 4.98 Å². The lowest BCUT2D eigenvalue weighted by Crippen LogP contribution is -2.22. The van der Waals surface area contributed by atoms with Gasteiger partial charge in [-0.2, -0.15) is 0 Å². The smallest absolute Gasteiger partial charge is 0.269 e. The number of non-ortho nitro benzene ring substituents is 1. The Kier molecular flexibility index (Phi) is 5.42. The highest BCUT2D eigenvalue weighted by atomic mass is 32.2. The summed E-state index contributed by atoms with van der Waals surface area (Å²) in [5.74, 6) is 0.482. The summed E-state index contributed by atoms with van der Waals surface area (Å²) >= 11 is 1.33. The van der Waals surface area contributed by atoms with Gasteiger partial charge in [-0.3, -0.25) is 14.9 Å². The van der Waals surface area contributed by atoms with Crippen LogP contribution in [0.1, 0.15) is 33.6 Å². The van der Waals surface area contributed by atoms with Crippen LogP contribution < -0.4 is 5.32 Å². The molecule has 0 spiro atoms. The largest absolute Gasteiger partial charge is 0.440 e. The standard InChI is InChI=1S/C20H21N3O4S/c1-12(28-15-8-6-14(7-9-15)23(25)26)18(24)21-13-5-10-17-16(11-13)22-19(27-17)20(2,3)4/h5-12H,1-4H3,(H,21,24). The van der Waals surface area contributed by atoms with Crippen molar-refractivity contribution >= 4 is 40.1 Å². The number of carbonyl (C=O) groups is 1. The van der Waals surface area contributed by atoms with Gasteiger partial charge in [0.1, 0.15) is 5.52 Å². The molecule has 0 aliphatic carbocycles. The van der Waals surface area contributed by atoms with Crippen LogP contribution in [-0.2, 0) is 10.2 Å². The first-order valence-corrected chi connectivity index (χ1v) is 9.64. The van der Waals surface area contributed by atoms with Crippen LogP contribution in [0.3, 0.4) is 0 Å². The molecule has 28 heavy (non-hydrogen) atoms. The molecule has 0 aliphatic rings. The summed E-state index contributed by atoms with van der Waals surface area (Å²) in [6.45, 7) is 7.86. The van der Waals surface area contributed by atoms with E-state index in [1.165, 1.54) is 23.9 Å². The number of hydrogen-bond acceptors (Lipinski definition) is 6. The van der Waals surface area contributed by atoms with E-state index < -0.39 is 4.92 Å². The molecule has 0 aliphatic heterocycles. The fourth-order valence-electron chi connectivity index (χ4n) is 2.47. The second-order valence-electron chi connectivity index (χ2n) is 7.45. The molecule has 146 valence electrons. The van der Waals surface area contributed by atoms with Gasteiger partial charge in [-0.25, -0.2) is 4.98 Å². The molecule has 0 saturated heterocycles. The molecule has 1 amide bonds. The molecule has 8 heteroatoms. The molecule has 1 unspecified atom stereocenters. The maximum Gasteiger partial charge on any atom is 0.269 e. The molecular formula is C20H21N3O4S. The summed E-state index contributed by atoms with van der Waals surface area (Å²) in [7, 11) is 0. The zero-order chi connectivity index (χ0) is 20.5. The number of benzene rings is 2. The molecule has 1 aromatic heterocycles. The van der Waals surface area contributed by atoms with Crippen molar-refractivity contribution in [2.45, 2.75) is 43.3 Å². The van der Waals surface area contributed by atoms with Crippen molar-refractivity contribution in [2.24, 2.45) is 0 Å². The molecule has 7 nitrogen and oxygen atoms in total. The first-order valence-electron chi connectivity index (χ1n) is 8.76. The van der Waals surface area contributed by atoms with Crippen LogP contribution in [0.15, 0.2) is 51.8 Å². The van der Waals surface area contributed by atoms with Gasteiger partial charge in [-0.15, -0.1) is 11.8 Å². The van der Waals surface area contributed by atoms with E-state index in [0.717, 1.165) is 4.90 Å². The number of carbonyl (C=O) groups excluding carboxylic acids is 1. The molecule has 0 fully saturated rings. The Hall–Kier alpha value is -2.87. The van der Waals surface area contributed by atoms with Gasteiger partial charge in [-0.05, 0) is 37.3 Å². The van der Waals surface area contributed by atoms with Crippen LogP contribution >= 0.6 is 11.8 Å². The fraction of sp³-hybridized carbons (Fsp3) is 0.300. The number of hydrogen-bond donors (Lipinski definition) is 1. The minimum absolute atomic E-state index is 0.0250. The van der Waals surface area contributed by atoms with Crippen molar-refractivity contribution in [3.05, 3.63) is 58.5 Å². The first-order chi connectivity index (χ1) is 13.1. The zero-order valence-electron chi connectivity index (χ0n) is 16.1. The van der Waals surface area contributed by atoms with E-state index in [4.69, 9.17) is 4.42 Å². The molecule has 1 N–H and O–H groups in total. The average Bonchev–Trinajstić information content (AvgIpc) is 3.06. The Bertz CT molecular complexity index is 1020. The lowest BCUT2D eigenvalue weighted by Gasteiger charge is -2.12. The number of anilines is 1. The first kappa shape index (κ1) is 19.9. The normalized spacial score (nSPS) is 12.7. The number of oxazole rings is 1. The van der Waals surface area contributed by atoms with E-state index in [0.29, 0.717) is 22.7 Å². The van der Waals surface area contributed by atoms with Crippen LogP contribution in [0.2, 0.25) is 0 Å². The summed E-state index contributed by atoms with van der Waals surface area (Å²) in [4.78, 5) is 28.1. The lowest BCUT2D eigenvalue weighted by atomic mass is 9.97. The van der Waals surface area contributed by atoms with E-state index in [-0.39, 0.29) is 22.3 Å². The summed E-state index contributed by atoms with van der Waals surface area (Å²) in [6.07, 6.45) is 0. The molecule has 2 aromatic carbocycles. The Morgan fingerprint density at radius 2 is 1.89 bits per heavy atom. The lowest BCUT2D eigenvalue weighted by molar-refractivity contribution is -0.384. The van der Waals surface area contributed by atoms with Gasteiger partial charge in [-0.1, -0.05) is 20.8 Å². The maximum absolute atomic E-state index is 12.5. The number of nitrogens with zero attached hydrogens (tertiary/aromatic N) is 2. The summed E-state index contributed by atoms with van der Waals surface area (Å²) < 4.78 is 5.77. The Balaban J connectivity index is 1.68. The molecule has 3 rings (SSSR count). The third kappa shape index (κ3) is 4.51. The number of rotatable bonds is 5. The number of nitrogens with one attached hydrogen (secondary N) is 1. The van der Waals surface area contributed by atoms with Gasteiger partial charge in [0.15, 0.2) is 5.58 Å². The van der Waals surface area contributed by atoms with Crippen molar-refractivity contribution in [3.8, 4) is 0 Å². The van der Waals surface area contributed by atoms with Gasteiger partial charge in [0.2, 0.25) is 11.8 Å². The van der Waals surface area contributed by atoms with Gasteiger partial charge in [0.25, 0.3) is 5.69 Å². The fourth-order valence-corrected chi connectivity index (χ4v) is 3.34.